The van der Waals surface area contributed by atoms with Gasteiger partial charge in [0.05, 0.1) is 0 Å². The largest absolute Gasteiger partial charge is 0.506 e. The van der Waals surface area contributed by atoms with E-state index >= 15 is 0 Å². The normalized spacial score (nSPS) is 19.8. The van der Waals surface area contributed by atoms with Crippen LogP contribution in [0.15, 0.2) is 35.2 Å². The zero-order chi connectivity index (χ0) is 15.0. The average Bonchev–Trinajstić information content (AvgIpc) is 2.52. The van der Waals surface area contributed by atoms with Crippen LogP contribution >= 0.6 is 0 Å². The van der Waals surface area contributed by atoms with Crippen molar-refractivity contribution in [1.29, 1.82) is 0 Å². The zero-order valence-electron chi connectivity index (χ0n) is 12.6. The highest BCUT2D eigenvalue weighted by molar-refractivity contribution is 5.76. The van der Waals surface area contributed by atoms with Crippen LogP contribution in [0.3, 0.4) is 0 Å². The maximum atomic E-state index is 9.70. The molecule has 0 bridgehead atoms. The van der Waals surface area contributed by atoms with Gasteiger partial charge in [-0.25, -0.2) is 0 Å². The van der Waals surface area contributed by atoms with E-state index in [9.17, 15) is 5.11 Å². The molecule has 2 rings (SSSR count). The van der Waals surface area contributed by atoms with Crippen molar-refractivity contribution in [3.8, 4) is 5.75 Å². The molecule has 0 spiro atoms. The number of allylic oxidation sites excluding steroid dienone is 1. The van der Waals surface area contributed by atoms with Crippen molar-refractivity contribution in [2.75, 3.05) is 0 Å². The standard InChI is InChI=1S/C16H21NO3/c1-11-6-7-13(18)12(10-11)17-9-8-14-19-15(2,3)16(4,5)20-14/h6-10,18H,1-5H3. The topological polar surface area (TPSA) is 51.1 Å². The molecule has 0 saturated carbocycles. The second-order valence-corrected chi connectivity index (χ2v) is 5.98. The molecule has 0 unspecified atom stereocenters. The van der Waals surface area contributed by atoms with Gasteiger partial charge in [0, 0.05) is 12.3 Å². The first-order valence-corrected chi connectivity index (χ1v) is 6.63. The zero-order valence-corrected chi connectivity index (χ0v) is 12.6. The number of phenols is 1. The smallest absolute Gasteiger partial charge is 0.282 e. The van der Waals surface area contributed by atoms with Gasteiger partial charge in [-0.15, -0.1) is 0 Å². The molecule has 108 valence electrons. The molecule has 20 heavy (non-hydrogen) atoms. The van der Waals surface area contributed by atoms with Crippen molar-refractivity contribution in [3.63, 3.8) is 0 Å². The van der Waals surface area contributed by atoms with Crippen LogP contribution in [0.4, 0.5) is 5.69 Å². The van der Waals surface area contributed by atoms with E-state index in [0.717, 1.165) is 5.56 Å². The Labute approximate surface area is 119 Å². The summed E-state index contributed by atoms with van der Waals surface area (Å²) in [5, 5.41) is 9.70. The van der Waals surface area contributed by atoms with E-state index in [1.54, 1.807) is 18.4 Å². The number of benzene rings is 1. The summed E-state index contributed by atoms with van der Waals surface area (Å²) in [6.07, 6.45) is 3.24. The van der Waals surface area contributed by atoms with Crippen molar-refractivity contribution in [1.82, 2.24) is 0 Å². The molecule has 4 nitrogen and oxygen atoms in total. The minimum Gasteiger partial charge on any atom is -0.506 e. The highest BCUT2D eigenvalue weighted by Gasteiger charge is 2.48. The van der Waals surface area contributed by atoms with Crippen LogP contribution in [-0.4, -0.2) is 22.5 Å². The van der Waals surface area contributed by atoms with Crippen molar-refractivity contribution in [3.05, 3.63) is 35.8 Å². The Balaban J connectivity index is 2.15. The maximum Gasteiger partial charge on any atom is 0.282 e. The van der Waals surface area contributed by atoms with E-state index in [1.165, 1.54) is 0 Å². The minimum absolute atomic E-state index is 0.152. The van der Waals surface area contributed by atoms with Gasteiger partial charge in [-0.1, -0.05) is 6.07 Å². The third-order valence-corrected chi connectivity index (χ3v) is 3.72. The second-order valence-electron chi connectivity index (χ2n) is 5.98. The summed E-state index contributed by atoms with van der Waals surface area (Å²) in [6.45, 7) is 9.88. The summed E-state index contributed by atoms with van der Waals surface area (Å²) in [7, 11) is 0. The summed E-state index contributed by atoms with van der Waals surface area (Å²) >= 11 is 0. The predicted octanol–water partition coefficient (Wildman–Crippen LogP) is 3.85. The Morgan fingerprint density at radius 1 is 1.10 bits per heavy atom. The number of hydrogen-bond acceptors (Lipinski definition) is 4. The van der Waals surface area contributed by atoms with Gasteiger partial charge in [0.25, 0.3) is 5.95 Å². The van der Waals surface area contributed by atoms with Gasteiger partial charge < -0.3 is 14.6 Å². The summed E-state index contributed by atoms with van der Waals surface area (Å²) in [4.78, 5) is 4.21. The van der Waals surface area contributed by atoms with Gasteiger partial charge in [0.15, 0.2) is 0 Å². The molecule has 0 aliphatic carbocycles. The average molecular weight is 275 g/mol. The number of rotatable bonds is 2. The molecule has 1 saturated heterocycles. The molecule has 1 aromatic carbocycles. The van der Waals surface area contributed by atoms with Crippen molar-refractivity contribution < 1.29 is 14.6 Å². The van der Waals surface area contributed by atoms with Gasteiger partial charge in [0.2, 0.25) is 0 Å². The summed E-state index contributed by atoms with van der Waals surface area (Å²) in [5.74, 6) is 0.593. The number of nitrogens with zero attached hydrogens (tertiary/aromatic N) is 1. The number of ether oxygens (including phenoxy) is 2. The number of hydrogen-bond donors (Lipinski definition) is 1. The first-order valence-electron chi connectivity index (χ1n) is 6.63. The lowest BCUT2D eigenvalue weighted by Crippen LogP contribution is -2.41. The molecule has 0 aromatic heterocycles. The Kier molecular flexibility index (Phi) is 3.50. The molecule has 0 atom stereocenters. The molecule has 1 fully saturated rings. The fourth-order valence-electron chi connectivity index (χ4n) is 1.75. The van der Waals surface area contributed by atoms with Crippen molar-refractivity contribution >= 4 is 11.9 Å². The highest BCUT2D eigenvalue weighted by atomic mass is 16.7. The lowest BCUT2D eigenvalue weighted by Gasteiger charge is -2.28. The van der Waals surface area contributed by atoms with E-state index in [1.807, 2.05) is 46.8 Å². The molecule has 1 N–H and O–H groups in total. The molecule has 1 heterocycles. The maximum absolute atomic E-state index is 9.70. The van der Waals surface area contributed by atoms with Gasteiger partial charge in [0.1, 0.15) is 22.6 Å². The van der Waals surface area contributed by atoms with Crippen LogP contribution < -0.4 is 0 Å². The second kappa shape index (κ2) is 4.85. The van der Waals surface area contributed by atoms with Crippen LogP contribution in [0.25, 0.3) is 0 Å². The number of phenolic OH excluding ortho intramolecular Hbond substituents is 1. The van der Waals surface area contributed by atoms with E-state index in [-0.39, 0.29) is 5.75 Å². The Morgan fingerprint density at radius 3 is 2.30 bits per heavy atom. The summed E-state index contributed by atoms with van der Waals surface area (Å²) in [5.41, 5.74) is 0.785. The Bertz CT molecular complexity index is 553. The quantitative estimate of drug-likeness (QED) is 0.834. The molecule has 0 amide bonds. The number of aryl methyl sites for hydroxylation is 1. The highest BCUT2D eigenvalue weighted by Crippen LogP contribution is 2.39. The lowest BCUT2D eigenvalue weighted by atomic mass is 9.90. The number of aliphatic imine (C=N–C) groups is 1. The molecular formula is C16H21NO3. The first-order chi connectivity index (χ1) is 9.21. The Morgan fingerprint density at radius 2 is 1.70 bits per heavy atom. The van der Waals surface area contributed by atoms with Gasteiger partial charge >= 0.3 is 0 Å². The van der Waals surface area contributed by atoms with Crippen molar-refractivity contribution in [2.45, 2.75) is 45.8 Å². The van der Waals surface area contributed by atoms with E-state index in [2.05, 4.69) is 4.99 Å². The SMILES string of the molecule is Cc1ccc(O)c(N=CC=C2OC(C)(C)C(C)(C)O2)c1. The fourth-order valence-corrected chi connectivity index (χ4v) is 1.75. The van der Waals surface area contributed by atoms with E-state index in [4.69, 9.17) is 9.47 Å². The first kappa shape index (κ1) is 14.4. The molecule has 1 aliphatic heterocycles. The molecular weight excluding hydrogens is 254 g/mol. The third kappa shape index (κ3) is 2.79. The third-order valence-electron chi connectivity index (χ3n) is 3.72. The van der Waals surface area contributed by atoms with Crippen LogP contribution in [0.1, 0.15) is 33.3 Å². The van der Waals surface area contributed by atoms with E-state index in [0.29, 0.717) is 11.6 Å². The van der Waals surface area contributed by atoms with Crippen LogP contribution in [0, 0.1) is 6.92 Å². The van der Waals surface area contributed by atoms with Gasteiger partial charge in [-0.3, -0.25) is 4.99 Å². The lowest BCUT2D eigenvalue weighted by molar-refractivity contribution is 0.00578. The summed E-state index contributed by atoms with van der Waals surface area (Å²) in [6, 6.07) is 5.28. The van der Waals surface area contributed by atoms with Crippen LogP contribution in [0.2, 0.25) is 0 Å². The van der Waals surface area contributed by atoms with E-state index < -0.39 is 11.2 Å². The minimum atomic E-state index is -0.391. The van der Waals surface area contributed by atoms with Gasteiger partial charge in [-0.05, 0) is 52.3 Å². The predicted molar refractivity (Wildman–Crippen MR) is 79.4 cm³/mol. The van der Waals surface area contributed by atoms with Crippen molar-refractivity contribution in [2.24, 2.45) is 4.99 Å². The Hall–Kier alpha value is -1.97. The molecule has 1 aromatic rings. The van der Waals surface area contributed by atoms with Crippen LogP contribution in [0.5, 0.6) is 5.75 Å². The molecule has 4 heteroatoms. The van der Waals surface area contributed by atoms with Gasteiger partial charge in [-0.2, -0.15) is 0 Å². The fraction of sp³-hybridized carbons (Fsp3) is 0.438. The molecule has 0 radical (unpaired) electrons. The monoisotopic (exact) mass is 275 g/mol. The number of aromatic hydroxyl groups is 1. The molecule has 1 aliphatic rings. The summed E-state index contributed by atoms with van der Waals surface area (Å²) < 4.78 is 11.5. The van der Waals surface area contributed by atoms with Crippen LogP contribution in [-0.2, 0) is 9.47 Å².